The molecule has 26 heavy (non-hydrogen) atoms. The Hall–Kier alpha value is -2.05. The molecule has 8 heteroatoms. The lowest BCUT2D eigenvalue weighted by molar-refractivity contribution is 0.370. The van der Waals surface area contributed by atoms with Gasteiger partial charge < -0.3 is 15.1 Å². The zero-order chi connectivity index (χ0) is 18.4. The second-order valence-electron chi connectivity index (χ2n) is 5.98. The van der Waals surface area contributed by atoms with Gasteiger partial charge in [0.2, 0.25) is 5.95 Å². The monoisotopic (exact) mass is 392 g/mol. The molecular formula is C18H22Cl2N6. The minimum atomic E-state index is 0.655. The molecule has 3 rings (SSSR count). The molecule has 1 N–H and O–H groups in total. The summed E-state index contributed by atoms with van der Waals surface area (Å²) in [5, 5.41) is 4.77. The summed E-state index contributed by atoms with van der Waals surface area (Å²) in [6, 6.07) is 7.44. The van der Waals surface area contributed by atoms with Gasteiger partial charge >= 0.3 is 0 Å². The Balaban J connectivity index is 1.49. The topological polar surface area (TPSA) is 56.7 Å². The Morgan fingerprint density at radius 2 is 1.88 bits per heavy atom. The van der Waals surface area contributed by atoms with Crippen LogP contribution in [0.1, 0.15) is 5.56 Å². The number of anilines is 1. The molecule has 1 aliphatic heterocycles. The molecule has 1 fully saturated rings. The van der Waals surface area contributed by atoms with Crippen LogP contribution in [0.3, 0.4) is 0 Å². The number of halogens is 2. The lowest BCUT2D eigenvalue weighted by Gasteiger charge is -2.36. The number of hydrogen-bond acceptors (Lipinski definition) is 4. The fourth-order valence-electron chi connectivity index (χ4n) is 2.94. The predicted molar refractivity (Wildman–Crippen MR) is 107 cm³/mol. The molecule has 1 aromatic heterocycles. The van der Waals surface area contributed by atoms with E-state index in [9.17, 15) is 0 Å². The number of nitrogens with one attached hydrogen (secondary N) is 1. The molecule has 0 amide bonds. The Morgan fingerprint density at radius 3 is 2.54 bits per heavy atom. The lowest BCUT2D eigenvalue weighted by atomic mass is 10.1. The number of rotatable bonds is 4. The van der Waals surface area contributed by atoms with E-state index in [4.69, 9.17) is 23.2 Å². The number of hydrogen-bond donors (Lipinski definition) is 1. The van der Waals surface area contributed by atoms with Crippen LogP contribution in [-0.2, 0) is 6.42 Å². The van der Waals surface area contributed by atoms with E-state index in [1.165, 1.54) is 0 Å². The molecular weight excluding hydrogens is 371 g/mol. The molecule has 0 unspecified atom stereocenters. The smallest absolute Gasteiger partial charge is 0.225 e. The minimum Gasteiger partial charge on any atom is -0.356 e. The lowest BCUT2D eigenvalue weighted by Crippen LogP contribution is -2.53. The van der Waals surface area contributed by atoms with Crippen LogP contribution in [0.2, 0.25) is 10.0 Å². The van der Waals surface area contributed by atoms with E-state index in [-0.39, 0.29) is 0 Å². The quantitative estimate of drug-likeness (QED) is 0.640. The summed E-state index contributed by atoms with van der Waals surface area (Å²) in [5.41, 5.74) is 1.07. The molecule has 138 valence electrons. The van der Waals surface area contributed by atoms with Crippen molar-refractivity contribution in [2.75, 3.05) is 44.7 Å². The van der Waals surface area contributed by atoms with E-state index in [2.05, 4.69) is 30.1 Å². The van der Waals surface area contributed by atoms with Crippen LogP contribution in [0.15, 0.2) is 41.7 Å². The summed E-state index contributed by atoms with van der Waals surface area (Å²) in [6.07, 6.45) is 4.36. The molecule has 1 aromatic carbocycles. The Labute approximate surface area is 163 Å². The van der Waals surface area contributed by atoms with Crippen molar-refractivity contribution in [3.05, 3.63) is 52.3 Å². The van der Waals surface area contributed by atoms with Crippen LogP contribution in [0.4, 0.5) is 5.95 Å². The first-order chi connectivity index (χ1) is 12.7. The van der Waals surface area contributed by atoms with Crippen molar-refractivity contribution >= 4 is 35.1 Å². The van der Waals surface area contributed by atoms with Gasteiger partial charge in [-0.15, -0.1) is 0 Å². The van der Waals surface area contributed by atoms with E-state index >= 15 is 0 Å². The molecule has 2 heterocycles. The van der Waals surface area contributed by atoms with Gasteiger partial charge in [0.15, 0.2) is 5.96 Å². The van der Waals surface area contributed by atoms with Crippen LogP contribution in [-0.4, -0.2) is 60.6 Å². The fraction of sp³-hybridized carbons (Fsp3) is 0.389. The summed E-state index contributed by atoms with van der Waals surface area (Å²) in [7, 11) is 1.81. The van der Waals surface area contributed by atoms with Gasteiger partial charge in [-0.25, -0.2) is 9.97 Å². The van der Waals surface area contributed by atoms with Gasteiger partial charge in [0.25, 0.3) is 0 Å². The molecule has 0 bridgehead atoms. The first-order valence-corrected chi connectivity index (χ1v) is 9.34. The van der Waals surface area contributed by atoms with E-state index in [1.807, 2.05) is 25.2 Å². The number of aliphatic imine (C=N–C) groups is 1. The third kappa shape index (κ3) is 4.77. The highest BCUT2D eigenvalue weighted by atomic mass is 35.5. The zero-order valence-electron chi connectivity index (χ0n) is 14.7. The maximum atomic E-state index is 6.23. The average Bonchev–Trinajstić information content (AvgIpc) is 2.68. The van der Waals surface area contributed by atoms with Crippen LogP contribution in [0, 0.1) is 0 Å². The van der Waals surface area contributed by atoms with Gasteiger partial charge in [0.05, 0.1) is 0 Å². The second kappa shape index (κ2) is 9.05. The molecule has 0 radical (unpaired) electrons. The summed E-state index contributed by atoms with van der Waals surface area (Å²) in [5.74, 6) is 1.69. The van der Waals surface area contributed by atoms with Crippen molar-refractivity contribution in [2.45, 2.75) is 6.42 Å². The van der Waals surface area contributed by atoms with Gasteiger partial charge in [-0.2, -0.15) is 0 Å². The van der Waals surface area contributed by atoms with E-state index in [0.717, 1.165) is 56.6 Å². The summed E-state index contributed by atoms with van der Waals surface area (Å²) >= 11 is 12.2. The minimum absolute atomic E-state index is 0.655. The maximum Gasteiger partial charge on any atom is 0.225 e. The molecule has 0 atom stereocenters. The maximum absolute atomic E-state index is 6.23. The zero-order valence-corrected chi connectivity index (χ0v) is 16.2. The normalized spacial score (nSPS) is 15.3. The van der Waals surface area contributed by atoms with E-state index < -0.39 is 0 Å². The Kier molecular flexibility index (Phi) is 6.52. The van der Waals surface area contributed by atoms with Crippen LogP contribution < -0.4 is 10.2 Å². The highest BCUT2D eigenvalue weighted by Crippen LogP contribution is 2.21. The number of guanidine groups is 1. The number of benzene rings is 1. The molecule has 1 saturated heterocycles. The molecule has 2 aromatic rings. The van der Waals surface area contributed by atoms with Crippen molar-refractivity contribution in [2.24, 2.45) is 4.99 Å². The third-order valence-electron chi connectivity index (χ3n) is 4.32. The highest BCUT2D eigenvalue weighted by Gasteiger charge is 2.20. The van der Waals surface area contributed by atoms with Crippen LogP contribution in [0.5, 0.6) is 0 Å². The number of aromatic nitrogens is 2. The van der Waals surface area contributed by atoms with Crippen molar-refractivity contribution in [3.8, 4) is 0 Å². The molecule has 1 aliphatic rings. The Bertz CT molecular complexity index is 745. The van der Waals surface area contributed by atoms with Crippen molar-refractivity contribution < 1.29 is 0 Å². The van der Waals surface area contributed by atoms with Gasteiger partial charge in [-0.1, -0.05) is 29.3 Å². The molecule has 0 spiro atoms. The van der Waals surface area contributed by atoms with E-state index in [1.54, 1.807) is 18.5 Å². The van der Waals surface area contributed by atoms with Crippen molar-refractivity contribution in [3.63, 3.8) is 0 Å². The van der Waals surface area contributed by atoms with E-state index in [0.29, 0.717) is 10.0 Å². The van der Waals surface area contributed by atoms with Gasteiger partial charge in [0.1, 0.15) is 0 Å². The van der Waals surface area contributed by atoms with Crippen LogP contribution in [0.25, 0.3) is 0 Å². The summed E-state index contributed by atoms with van der Waals surface area (Å²) < 4.78 is 0. The number of nitrogens with zero attached hydrogens (tertiary/aromatic N) is 5. The van der Waals surface area contributed by atoms with Gasteiger partial charge in [-0.05, 0) is 30.2 Å². The highest BCUT2D eigenvalue weighted by molar-refractivity contribution is 6.35. The summed E-state index contributed by atoms with van der Waals surface area (Å²) in [6.45, 7) is 4.25. The van der Waals surface area contributed by atoms with Crippen LogP contribution >= 0.6 is 23.2 Å². The standard InChI is InChI=1S/C18H22Cl2N6/c1-21-17(24-8-5-14-3-4-15(19)13-16(14)20)25-9-11-26(12-10-25)18-22-6-2-7-23-18/h2-4,6-7,13H,5,8-12H2,1H3,(H,21,24). The first-order valence-electron chi connectivity index (χ1n) is 8.59. The molecule has 0 aliphatic carbocycles. The number of piperazine rings is 1. The SMILES string of the molecule is CN=C(NCCc1ccc(Cl)cc1Cl)N1CCN(c2ncccn2)CC1. The van der Waals surface area contributed by atoms with Crippen molar-refractivity contribution in [1.82, 2.24) is 20.2 Å². The Morgan fingerprint density at radius 1 is 1.15 bits per heavy atom. The largest absolute Gasteiger partial charge is 0.356 e. The summed E-state index contributed by atoms with van der Waals surface area (Å²) in [4.78, 5) is 17.5. The average molecular weight is 393 g/mol. The third-order valence-corrected chi connectivity index (χ3v) is 4.91. The fourth-order valence-corrected chi connectivity index (χ4v) is 3.44. The van der Waals surface area contributed by atoms with Gasteiger partial charge in [0, 0.05) is 62.2 Å². The second-order valence-corrected chi connectivity index (χ2v) is 6.83. The molecule has 6 nitrogen and oxygen atoms in total. The first kappa shape index (κ1) is 18.7. The van der Waals surface area contributed by atoms with Gasteiger partial charge in [-0.3, -0.25) is 4.99 Å². The predicted octanol–water partition coefficient (Wildman–Crippen LogP) is 2.72. The molecule has 0 saturated carbocycles. The van der Waals surface area contributed by atoms with Crippen molar-refractivity contribution in [1.29, 1.82) is 0 Å².